The van der Waals surface area contributed by atoms with Gasteiger partial charge in [-0.25, -0.2) is 4.79 Å². The van der Waals surface area contributed by atoms with Crippen molar-refractivity contribution in [3.05, 3.63) is 0 Å². The van der Waals surface area contributed by atoms with Crippen LogP contribution >= 0.6 is 0 Å². The number of fused-ring (bicyclic) bond motifs is 2. The fraction of sp³-hybridized carbons (Fsp3) is 0.857. The Bertz CT molecular complexity index is 346. The molecule has 0 spiro atoms. The van der Waals surface area contributed by atoms with Crippen LogP contribution in [0.5, 0.6) is 0 Å². The first kappa shape index (κ1) is 14.2. The lowest BCUT2D eigenvalue weighted by molar-refractivity contribution is -0.141. The number of esters is 1. The second-order valence-corrected chi connectivity index (χ2v) is 5.78. The van der Waals surface area contributed by atoms with Gasteiger partial charge in [-0.05, 0) is 43.9 Å². The number of amides is 2. The van der Waals surface area contributed by atoms with Crippen LogP contribution in [0.1, 0.15) is 32.6 Å². The van der Waals surface area contributed by atoms with E-state index in [1.165, 1.54) is 25.7 Å². The molecule has 0 radical (unpaired) electrons. The molecule has 0 saturated heterocycles. The molecule has 1 N–H and O–H groups in total. The van der Waals surface area contributed by atoms with Gasteiger partial charge < -0.3 is 15.0 Å². The Balaban J connectivity index is 1.69. The molecule has 0 aromatic rings. The van der Waals surface area contributed by atoms with Crippen molar-refractivity contribution in [3.8, 4) is 0 Å². The third-order valence-electron chi connectivity index (χ3n) is 4.43. The molecule has 5 heteroatoms. The molecule has 2 aliphatic carbocycles. The number of nitrogens with one attached hydrogen (secondary N) is 1. The minimum absolute atomic E-state index is 0.0479. The zero-order chi connectivity index (χ0) is 13.8. The van der Waals surface area contributed by atoms with Crippen LogP contribution in [0.25, 0.3) is 0 Å². The number of rotatable bonds is 5. The Morgan fingerprint density at radius 1 is 1.32 bits per heavy atom. The van der Waals surface area contributed by atoms with E-state index in [4.69, 9.17) is 4.74 Å². The van der Waals surface area contributed by atoms with Crippen LogP contribution in [0.3, 0.4) is 0 Å². The standard InChI is InChI=1S/C14H24N2O3/c1-3-19-13(17)8-15-14(18)16(2)9-12-7-10-4-5-11(12)6-10/h10-12H,3-9H2,1-2H3,(H,15,18). The van der Waals surface area contributed by atoms with Gasteiger partial charge in [0.1, 0.15) is 6.54 Å². The summed E-state index contributed by atoms with van der Waals surface area (Å²) < 4.78 is 4.77. The van der Waals surface area contributed by atoms with Gasteiger partial charge in [-0.2, -0.15) is 0 Å². The topological polar surface area (TPSA) is 58.6 Å². The number of hydrogen-bond donors (Lipinski definition) is 1. The molecule has 2 bridgehead atoms. The van der Waals surface area contributed by atoms with Gasteiger partial charge in [0.2, 0.25) is 0 Å². The van der Waals surface area contributed by atoms with Crippen molar-refractivity contribution in [3.63, 3.8) is 0 Å². The summed E-state index contributed by atoms with van der Waals surface area (Å²) in [5.74, 6) is 1.97. The Hall–Kier alpha value is -1.26. The lowest BCUT2D eigenvalue weighted by atomic mass is 9.88. The lowest BCUT2D eigenvalue weighted by Crippen LogP contribution is -2.42. The highest BCUT2D eigenvalue weighted by molar-refractivity contribution is 5.80. The number of carbonyl (C=O) groups is 2. The fourth-order valence-electron chi connectivity index (χ4n) is 3.53. The molecular weight excluding hydrogens is 244 g/mol. The summed E-state index contributed by atoms with van der Waals surface area (Å²) in [5, 5.41) is 2.60. The fourth-order valence-corrected chi connectivity index (χ4v) is 3.53. The molecule has 2 rings (SSSR count). The molecule has 2 aliphatic rings. The van der Waals surface area contributed by atoms with Crippen LogP contribution in [-0.2, 0) is 9.53 Å². The number of carbonyl (C=O) groups excluding carboxylic acids is 2. The van der Waals surface area contributed by atoms with Gasteiger partial charge in [-0.1, -0.05) is 6.42 Å². The molecule has 0 heterocycles. The summed E-state index contributed by atoms with van der Waals surface area (Å²) in [5.41, 5.74) is 0. The molecule has 0 aromatic heterocycles. The number of urea groups is 1. The van der Waals surface area contributed by atoms with Gasteiger partial charge in [0, 0.05) is 13.6 Å². The molecule has 0 aliphatic heterocycles. The van der Waals surface area contributed by atoms with Crippen LogP contribution < -0.4 is 5.32 Å². The van der Waals surface area contributed by atoms with Gasteiger partial charge in [0.25, 0.3) is 0 Å². The number of hydrogen-bond acceptors (Lipinski definition) is 3. The summed E-state index contributed by atoms with van der Waals surface area (Å²) in [7, 11) is 1.80. The van der Waals surface area contributed by atoms with Gasteiger partial charge in [-0.3, -0.25) is 4.79 Å². The van der Waals surface area contributed by atoms with Gasteiger partial charge in [0.15, 0.2) is 0 Å². The van der Waals surface area contributed by atoms with E-state index in [1.54, 1.807) is 18.9 Å². The smallest absolute Gasteiger partial charge is 0.325 e. The van der Waals surface area contributed by atoms with E-state index in [1.807, 2.05) is 0 Å². The maximum Gasteiger partial charge on any atom is 0.325 e. The van der Waals surface area contributed by atoms with Gasteiger partial charge in [-0.15, -0.1) is 0 Å². The predicted molar refractivity (Wildman–Crippen MR) is 71.6 cm³/mol. The van der Waals surface area contributed by atoms with Crippen LogP contribution in [0.15, 0.2) is 0 Å². The van der Waals surface area contributed by atoms with Gasteiger partial charge >= 0.3 is 12.0 Å². The van der Waals surface area contributed by atoms with Crippen molar-refractivity contribution in [1.29, 1.82) is 0 Å². The molecule has 2 fully saturated rings. The third-order valence-corrected chi connectivity index (χ3v) is 4.43. The van der Waals surface area contributed by atoms with Crippen LogP contribution in [0.2, 0.25) is 0 Å². The Morgan fingerprint density at radius 2 is 2.11 bits per heavy atom. The predicted octanol–water partition coefficient (Wildman–Crippen LogP) is 1.63. The SMILES string of the molecule is CCOC(=O)CNC(=O)N(C)CC1CC2CCC1C2. The average Bonchev–Trinajstić information content (AvgIpc) is 2.98. The summed E-state index contributed by atoms with van der Waals surface area (Å²) >= 11 is 0. The minimum atomic E-state index is -0.385. The van der Waals surface area contributed by atoms with E-state index in [2.05, 4.69) is 5.32 Å². The number of ether oxygens (including phenoxy) is 1. The van der Waals surface area contributed by atoms with Crippen LogP contribution in [-0.4, -0.2) is 43.6 Å². The Labute approximate surface area is 114 Å². The molecule has 2 saturated carbocycles. The second-order valence-electron chi connectivity index (χ2n) is 5.78. The first-order valence-corrected chi connectivity index (χ1v) is 7.24. The molecule has 3 atom stereocenters. The van der Waals surface area contributed by atoms with Crippen molar-refractivity contribution < 1.29 is 14.3 Å². The van der Waals surface area contributed by atoms with Crippen molar-refractivity contribution in [2.75, 3.05) is 26.7 Å². The van der Waals surface area contributed by atoms with Crippen molar-refractivity contribution in [2.45, 2.75) is 32.6 Å². The molecule has 19 heavy (non-hydrogen) atoms. The maximum atomic E-state index is 11.9. The zero-order valence-corrected chi connectivity index (χ0v) is 11.9. The molecule has 108 valence electrons. The summed E-state index contributed by atoms with van der Waals surface area (Å²) in [6, 6.07) is -0.184. The minimum Gasteiger partial charge on any atom is -0.465 e. The highest BCUT2D eigenvalue weighted by Gasteiger charge is 2.40. The van der Waals surface area contributed by atoms with E-state index in [0.29, 0.717) is 12.5 Å². The highest BCUT2D eigenvalue weighted by Crippen LogP contribution is 2.48. The zero-order valence-electron chi connectivity index (χ0n) is 11.9. The van der Waals surface area contributed by atoms with E-state index in [-0.39, 0.29) is 18.5 Å². The van der Waals surface area contributed by atoms with E-state index in [0.717, 1.165) is 18.4 Å². The van der Waals surface area contributed by atoms with E-state index >= 15 is 0 Å². The van der Waals surface area contributed by atoms with Crippen LogP contribution in [0.4, 0.5) is 4.79 Å². The quantitative estimate of drug-likeness (QED) is 0.771. The van der Waals surface area contributed by atoms with Gasteiger partial charge in [0.05, 0.1) is 6.61 Å². The van der Waals surface area contributed by atoms with Crippen LogP contribution in [0, 0.1) is 17.8 Å². The van der Waals surface area contributed by atoms with Crippen molar-refractivity contribution in [1.82, 2.24) is 10.2 Å². The first-order valence-electron chi connectivity index (χ1n) is 7.24. The van der Waals surface area contributed by atoms with E-state index in [9.17, 15) is 9.59 Å². The molecule has 3 unspecified atom stereocenters. The summed E-state index contributed by atoms with van der Waals surface area (Å²) in [4.78, 5) is 24.7. The lowest BCUT2D eigenvalue weighted by Gasteiger charge is -2.27. The first-order chi connectivity index (χ1) is 9.10. The van der Waals surface area contributed by atoms with Crippen molar-refractivity contribution >= 4 is 12.0 Å². The van der Waals surface area contributed by atoms with Crippen molar-refractivity contribution in [2.24, 2.45) is 17.8 Å². The number of nitrogens with zero attached hydrogens (tertiary/aromatic N) is 1. The molecule has 5 nitrogen and oxygen atoms in total. The molecule has 0 aromatic carbocycles. The largest absolute Gasteiger partial charge is 0.465 e. The summed E-state index contributed by atoms with van der Waals surface area (Å²) in [6.07, 6.45) is 5.32. The third kappa shape index (κ3) is 3.61. The normalized spacial score (nSPS) is 28.2. The highest BCUT2D eigenvalue weighted by atomic mass is 16.5. The Morgan fingerprint density at radius 3 is 2.68 bits per heavy atom. The maximum absolute atomic E-state index is 11.9. The molecule has 2 amide bonds. The molecular formula is C14H24N2O3. The Kier molecular flexibility index (Phi) is 4.66. The monoisotopic (exact) mass is 268 g/mol. The average molecular weight is 268 g/mol. The summed E-state index contributed by atoms with van der Waals surface area (Å²) in [6.45, 7) is 2.85. The second kappa shape index (κ2) is 6.26. The van der Waals surface area contributed by atoms with E-state index < -0.39 is 0 Å².